The predicted molar refractivity (Wildman–Crippen MR) is 146 cm³/mol. The highest BCUT2D eigenvalue weighted by atomic mass is 19.1. The number of likely N-dealkylation sites (N-methyl/N-ethyl adjacent to an activating group) is 1. The van der Waals surface area contributed by atoms with Crippen LogP contribution in [0.25, 0.3) is 5.57 Å². The lowest BCUT2D eigenvalue weighted by molar-refractivity contribution is -0.124. The fourth-order valence-corrected chi connectivity index (χ4v) is 5.63. The molecule has 38 heavy (non-hydrogen) atoms. The van der Waals surface area contributed by atoms with Crippen molar-refractivity contribution in [3.05, 3.63) is 40.6 Å². The zero-order chi connectivity index (χ0) is 27.8. The third-order valence-electron chi connectivity index (χ3n) is 7.63. The van der Waals surface area contributed by atoms with E-state index >= 15 is 8.78 Å². The van der Waals surface area contributed by atoms with Gasteiger partial charge in [0, 0.05) is 56.6 Å². The Hall–Kier alpha value is -3.24. The fourth-order valence-electron chi connectivity index (χ4n) is 5.63. The Bertz CT molecular complexity index is 1230. The molecule has 10 heteroatoms. The first kappa shape index (κ1) is 27.8. The minimum Gasteiger partial charge on any atom is -0.493 e. The lowest BCUT2D eigenvalue weighted by Gasteiger charge is -2.40. The molecule has 0 spiro atoms. The molecule has 1 aromatic heterocycles. The molecule has 1 amide bonds. The Balaban J connectivity index is 1.72. The van der Waals surface area contributed by atoms with E-state index in [-0.39, 0.29) is 18.0 Å². The normalized spacial score (nSPS) is 18.7. The van der Waals surface area contributed by atoms with Gasteiger partial charge in [-0.25, -0.2) is 13.8 Å². The van der Waals surface area contributed by atoms with Gasteiger partial charge in [-0.2, -0.15) is 0 Å². The Morgan fingerprint density at radius 2 is 1.63 bits per heavy atom. The Labute approximate surface area is 222 Å². The molecular formula is C28H37F2N5O3. The van der Waals surface area contributed by atoms with Crippen molar-refractivity contribution in [1.29, 1.82) is 0 Å². The minimum absolute atomic E-state index is 0.00215. The average Bonchev–Trinajstić information content (AvgIpc) is 3.29. The van der Waals surface area contributed by atoms with Crippen molar-refractivity contribution in [3.63, 3.8) is 0 Å². The number of nitrogens with zero attached hydrogens (tertiary/aromatic N) is 4. The number of hydrogen-bond donors (Lipinski definition) is 1. The highest BCUT2D eigenvalue weighted by molar-refractivity contribution is 6.09. The van der Waals surface area contributed by atoms with Crippen LogP contribution in [-0.2, 0) is 11.3 Å². The number of carbonyl (C=O) groups excluding carboxylic acids is 1. The molecule has 1 aromatic carbocycles. The summed E-state index contributed by atoms with van der Waals surface area (Å²) in [5.74, 6) is -2.18. The molecule has 0 unspecified atom stereocenters. The van der Waals surface area contributed by atoms with E-state index in [4.69, 9.17) is 9.47 Å². The van der Waals surface area contributed by atoms with Gasteiger partial charge in [0.05, 0.1) is 19.6 Å². The predicted octanol–water partition coefficient (Wildman–Crippen LogP) is 4.63. The maximum absolute atomic E-state index is 15.3. The zero-order valence-electron chi connectivity index (χ0n) is 23.1. The lowest BCUT2D eigenvalue weighted by atomic mass is 9.74. The van der Waals surface area contributed by atoms with Gasteiger partial charge in [0.1, 0.15) is 11.5 Å². The van der Waals surface area contributed by atoms with Gasteiger partial charge in [0.15, 0.2) is 23.1 Å². The third kappa shape index (κ3) is 4.82. The van der Waals surface area contributed by atoms with E-state index in [2.05, 4.69) is 33.4 Å². The maximum atomic E-state index is 15.3. The number of aromatic amines is 1. The Morgan fingerprint density at radius 3 is 2.16 bits per heavy atom. The minimum atomic E-state index is -1.11. The van der Waals surface area contributed by atoms with E-state index in [1.807, 2.05) is 13.0 Å². The van der Waals surface area contributed by atoms with E-state index in [0.29, 0.717) is 5.82 Å². The summed E-state index contributed by atoms with van der Waals surface area (Å²) < 4.78 is 40.8. The molecule has 0 radical (unpaired) electrons. The van der Waals surface area contributed by atoms with Gasteiger partial charge in [-0.05, 0) is 51.2 Å². The number of anilines is 1. The van der Waals surface area contributed by atoms with E-state index in [1.54, 1.807) is 13.8 Å². The van der Waals surface area contributed by atoms with Crippen LogP contribution in [0.2, 0.25) is 0 Å². The SMILES string of the molecule is C=Nc1[nH]c(CN2CCN(CC)CC2)cc1C1=C(C)CN(c2c(F)c(OC)cc(OC)c2F)C(=O)C1(C)C. The summed E-state index contributed by atoms with van der Waals surface area (Å²) in [4.78, 5) is 27.4. The van der Waals surface area contributed by atoms with Crippen LogP contribution in [0.5, 0.6) is 11.5 Å². The van der Waals surface area contributed by atoms with Crippen LogP contribution in [0.3, 0.4) is 0 Å². The Kier molecular flexibility index (Phi) is 7.94. The van der Waals surface area contributed by atoms with Gasteiger partial charge < -0.3 is 24.3 Å². The maximum Gasteiger partial charge on any atom is 0.237 e. The van der Waals surface area contributed by atoms with E-state index < -0.39 is 28.6 Å². The number of methoxy groups -OCH3 is 2. The molecule has 1 fully saturated rings. The average molecular weight is 530 g/mol. The smallest absolute Gasteiger partial charge is 0.237 e. The standard InChI is InChI=1S/C28H37F2N5O3/c1-8-33-9-11-34(12-10-33)16-18-13-19(26(31-5)32-18)22-17(2)15-35(27(36)28(22,3)4)25-23(29)20(37-6)14-21(38-7)24(25)30/h13-14,32H,5,8-12,15-16H2,1-4,6-7H3. The topological polar surface area (TPSA) is 73.4 Å². The van der Waals surface area contributed by atoms with Gasteiger partial charge >= 0.3 is 0 Å². The van der Waals surface area contributed by atoms with Crippen LogP contribution in [-0.4, -0.2) is 80.9 Å². The first-order valence-corrected chi connectivity index (χ1v) is 12.8. The molecule has 4 rings (SSSR count). The number of halogens is 2. The summed E-state index contributed by atoms with van der Waals surface area (Å²) in [5.41, 5.74) is 1.73. The molecule has 3 heterocycles. The molecule has 1 N–H and O–H groups in total. The third-order valence-corrected chi connectivity index (χ3v) is 7.63. The summed E-state index contributed by atoms with van der Waals surface area (Å²) in [5, 5.41) is 0. The van der Waals surface area contributed by atoms with Crippen molar-refractivity contribution in [1.82, 2.24) is 14.8 Å². The molecular weight excluding hydrogens is 492 g/mol. The summed E-state index contributed by atoms with van der Waals surface area (Å²) in [6, 6.07) is 3.16. The number of piperazine rings is 1. The monoisotopic (exact) mass is 529 g/mol. The van der Waals surface area contributed by atoms with Crippen molar-refractivity contribution in [3.8, 4) is 11.5 Å². The second-order valence-corrected chi connectivity index (χ2v) is 10.4. The number of ether oxygens (including phenoxy) is 2. The van der Waals surface area contributed by atoms with Crippen LogP contribution in [0.4, 0.5) is 20.3 Å². The van der Waals surface area contributed by atoms with Crippen LogP contribution >= 0.6 is 0 Å². The van der Waals surface area contributed by atoms with Crippen LogP contribution in [0.15, 0.2) is 22.7 Å². The molecule has 0 aliphatic carbocycles. The molecule has 2 aromatic rings. The van der Waals surface area contributed by atoms with Crippen LogP contribution in [0.1, 0.15) is 39.0 Å². The van der Waals surface area contributed by atoms with Crippen molar-refractivity contribution in [2.24, 2.45) is 10.4 Å². The summed E-state index contributed by atoms with van der Waals surface area (Å²) in [6.45, 7) is 17.1. The number of hydrogen-bond acceptors (Lipinski definition) is 6. The highest BCUT2D eigenvalue weighted by Gasteiger charge is 2.45. The number of amides is 1. The molecule has 0 atom stereocenters. The summed E-state index contributed by atoms with van der Waals surface area (Å²) >= 11 is 0. The van der Waals surface area contributed by atoms with E-state index in [1.165, 1.54) is 14.2 Å². The number of H-pyrrole nitrogens is 1. The van der Waals surface area contributed by atoms with Crippen LogP contribution < -0.4 is 14.4 Å². The van der Waals surface area contributed by atoms with Gasteiger partial charge in [-0.1, -0.05) is 6.92 Å². The molecule has 2 aliphatic rings. The first-order valence-electron chi connectivity index (χ1n) is 12.8. The first-order chi connectivity index (χ1) is 18.1. The molecule has 206 valence electrons. The fraction of sp³-hybridized carbons (Fsp3) is 0.500. The van der Waals surface area contributed by atoms with E-state index in [0.717, 1.165) is 72.6 Å². The number of nitrogens with one attached hydrogen (secondary N) is 1. The van der Waals surface area contributed by atoms with E-state index in [9.17, 15) is 4.79 Å². The van der Waals surface area contributed by atoms with Gasteiger partial charge in [-0.3, -0.25) is 9.69 Å². The molecule has 1 saturated heterocycles. The highest BCUT2D eigenvalue weighted by Crippen LogP contribution is 2.48. The van der Waals surface area contributed by atoms with Crippen molar-refractivity contribution in [2.45, 2.75) is 34.2 Å². The van der Waals surface area contributed by atoms with Gasteiger partial charge in [-0.15, -0.1) is 0 Å². The summed E-state index contributed by atoms with van der Waals surface area (Å²) in [6.07, 6.45) is 0. The molecule has 8 nitrogen and oxygen atoms in total. The van der Waals surface area contributed by atoms with Crippen molar-refractivity contribution >= 4 is 29.7 Å². The van der Waals surface area contributed by atoms with Crippen molar-refractivity contribution in [2.75, 3.05) is 58.4 Å². The molecule has 2 aliphatic heterocycles. The van der Waals surface area contributed by atoms with Crippen molar-refractivity contribution < 1.29 is 23.0 Å². The zero-order valence-corrected chi connectivity index (χ0v) is 23.1. The number of aliphatic imine (C=N–C) groups is 1. The molecule has 0 bridgehead atoms. The van der Waals surface area contributed by atoms with Crippen LogP contribution in [0, 0.1) is 17.0 Å². The number of rotatable bonds is 8. The number of carbonyl (C=O) groups is 1. The Morgan fingerprint density at radius 1 is 1.05 bits per heavy atom. The number of benzene rings is 1. The second kappa shape index (κ2) is 10.9. The van der Waals surface area contributed by atoms with Gasteiger partial charge in [0.25, 0.3) is 0 Å². The summed E-state index contributed by atoms with van der Waals surface area (Å²) in [7, 11) is 2.56. The quantitative estimate of drug-likeness (QED) is 0.505. The largest absolute Gasteiger partial charge is 0.493 e. The second-order valence-electron chi connectivity index (χ2n) is 10.4. The number of aromatic nitrogens is 1. The van der Waals surface area contributed by atoms with Gasteiger partial charge in [0.2, 0.25) is 5.91 Å². The lowest BCUT2D eigenvalue weighted by Crippen LogP contribution is -2.47. The molecule has 0 saturated carbocycles.